The number of aromatic nitrogens is 5. The Labute approximate surface area is 72.8 Å². The summed E-state index contributed by atoms with van der Waals surface area (Å²) in [5.41, 5.74) is 3.13. The molecule has 0 saturated carbocycles. The Bertz CT molecular complexity index is 571. The van der Waals surface area contributed by atoms with E-state index in [9.17, 15) is 0 Å². The van der Waals surface area contributed by atoms with Crippen molar-refractivity contribution in [2.45, 2.75) is 0 Å². The van der Waals surface area contributed by atoms with E-state index in [0.29, 0.717) is 0 Å². The van der Waals surface area contributed by atoms with E-state index in [0.717, 1.165) is 22.1 Å². The Hall–Kier alpha value is -2.04. The van der Waals surface area contributed by atoms with Crippen LogP contribution >= 0.6 is 0 Å². The molecule has 1 N–H and O–H groups in total. The van der Waals surface area contributed by atoms with Crippen molar-refractivity contribution >= 4 is 22.1 Å². The third-order valence-corrected chi connectivity index (χ3v) is 1.91. The van der Waals surface area contributed by atoms with Crippen molar-refractivity contribution in [3.8, 4) is 0 Å². The van der Waals surface area contributed by atoms with Crippen LogP contribution in [0.15, 0.2) is 24.5 Å². The molecule has 13 heavy (non-hydrogen) atoms. The Morgan fingerprint density at radius 1 is 1.00 bits per heavy atom. The zero-order valence-corrected chi connectivity index (χ0v) is 6.60. The average molecular weight is 171 g/mol. The van der Waals surface area contributed by atoms with Crippen LogP contribution in [-0.4, -0.2) is 25.4 Å². The van der Waals surface area contributed by atoms with Gasteiger partial charge in [0.2, 0.25) is 0 Å². The van der Waals surface area contributed by atoms with E-state index in [1.54, 1.807) is 12.4 Å². The Balaban J connectivity index is 2.65. The van der Waals surface area contributed by atoms with Crippen LogP contribution in [0.4, 0.5) is 0 Å². The van der Waals surface area contributed by atoms with E-state index < -0.39 is 0 Å². The van der Waals surface area contributed by atoms with Gasteiger partial charge in [-0.3, -0.25) is 9.97 Å². The average Bonchev–Trinajstić information content (AvgIpc) is 2.65. The minimum atomic E-state index is 0.742. The van der Waals surface area contributed by atoms with Crippen molar-refractivity contribution < 1.29 is 0 Å². The number of rotatable bonds is 0. The summed E-state index contributed by atoms with van der Waals surface area (Å²) in [7, 11) is 0. The Morgan fingerprint density at radius 2 is 2.00 bits per heavy atom. The highest BCUT2D eigenvalue weighted by Gasteiger charge is 2.04. The standard InChI is InChI=1S/C8H5N5/c1-2-5-7(9-3-1)8-6(4-10-5)11-13-12-8/h1-4H,(H,11,12,13). The minimum absolute atomic E-state index is 0.742. The van der Waals surface area contributed by atoms with E-state index in [2.05, 4.69) is 25.4 Å². The lowest BCUT2D eigenvalue weighted by Crippen LogP contribution is -1.83. The van der Waals surface area contributed by atoms with Crippen molar-refractivity contribution in [1.29, 1.82) is 0 Å². The van der Waals surface area contributed by atoms with Gasteiger partial charge in [0.25, 0.3) is 0 Å². The quantitative estimate of drug-likeness (QED) is 0.545. The maximum absolute atomic E-state index is 4.20. The van der Waals surface area contributed by atoms with E-state index in [-0.39, 0.29) is 0 Å². The number of fused-ring (bicyclic) bond motifs is 3. The lowest BCUT2D eigenvalue weighted by Gasteiger charge is -1.93. The molecule has 0 unspecified atom stereocenters. The lowest BCUT2D eigenvalue weighted by atomic mass is 10.3. The number of pyridine rings is 2. The summed E-state index contributed by atoms with van der Waals surface area (Å²) < 4.78 is 0. The highest BCUT2D eigenvalue weighted by Crippen LogP contribution is 2.16. The SMILES string of the molecule is c1cnc2c(c1)ncc1n[nH]nc12. The molecular weight excluding hydrogens is 166 g/mol. The van der Waals surface area contributed by atoms with Gasteiger partial charge in [0, 0.05) is 6.20 Å². The van der Waals surface area contributed by atoms with Crippen molar-refractivity contribution in [3.63, 3.8) is 0 Å². The first kappa shape index (κ1) is 6.47. The van der Waals surface area contributed by atoms with E-state index in [1.165, 1.54) is 0 Å². The fraction of sp³-hybridized carbons (Fsp3) is 0. The van der Waals surface area contributed by atoms with Gasteiger partial charge in [-0.15, -0.1) is 0 Å². The molecule has 0 aliphatic rings. The van der Waals surface area contributed by atoms with Crippen LogP contribution in [0.5, 0.6) is 0 Å². The van der Waals surface area contributed by atoms with Crippen molar-refractivity contribution in [3.05, 3.63) is 24.5 Å². The summed E-state index contributed by atoms with van der Waals surface area (Å²) in [5, 5.41) is 10.5. The molecule has 0 aliphatic carbocycles. The van der Waals surface area contributed by atoms with Crippen LogP contribution in [0.3, 0.4) is 0 Å². The molecule has 0 atom stereocenters. The van der Waals surface area contributed by atoms with Gasteiger partial charge >= 0.3 is 0 Å². The Morgan fingerprint density at radius 3 is 3.00 bits per heavy atom. The number of nitrogens with zero attached hydrogens (tertiary/aromatic N) is 4. The highest BCUT2D eigenvalue weighted by molar-refractivity contribution is 5.98. The first-order valence-electron chi connectivity index (χ1n) is 3.85. The molecule has 0 radical (unpaired) electrons. The molecule has 5 nitrogen and oxygen atoms in total. The monoisotopic (exact) mass is 171 g/mol. The maximum Gasteiger partial charge on any atom is 0.142 e. The van der Waals surface area contributed by atoms with Gasteiger partial charge in [-0.2, -0.15) is 15.4 Å². The largest absolute Gasteiger partial charge is 0.252 e. The molecule has 0 aliphatic heterocycles. The smallest absolute Gasteiger partial charge is 0.142 e. The number of aromatic amines is 1. The second-order valence-electron chi connectivity index (χ2n) is 2.69. The predicted molar refractivity (Wildman–Crippen MR) is 47.0 cm³/mol. The van der Waals surface area contributed by atoms with Gasteiger partial charge in [-0.1, -0.05) is 0 Å². The number of nitrogens with one attached hydrogen (secondary N) is 1. The van der Waals surface area contributed by atoms with Crippen molar-refractivity contribution in [2.75, 3.05) is 0 Å². The van der Waals surface area contributed by atoms with Gasteiger partial charge in [0.15, 0.2) is 0 Å². The van der Waals surface area contributed by atoms with Crippen molar-refractivity contribution in [1.82, 2.24) is 25.4 Å². The van der Waals surface area contributed by atoms with Gasteiger partial charge in [0.1, 0.15) is 16.6 Å². The second-order valence-corrected chi connectivity index (χ2v) is 2.69. The van der Waals surface area contributed by atoms with Crippen LogP contribution < -0.4 is 0 Å². The molecule has 0 bridgehead atoms. The van der Waals surface area contributed by atoms with Gasteiger partial charge in [-0.05, 0) is 12.1 Å². The van der Waals surface area contributed by atoms with Gasteiger partial charge < -0.3 is 0 Å². The molecule has 0 amide bonds. The fourth-order valence-electron chi connectivity index (χ4n) is 1.32. The number of H-pyrrole nitrogens is 1. The first-order valence-corrected chi connectivity index (χ1v) is 3.85. The van der Waals surface area contributed by atoms with Gasteiger partial charge in [0.05, 0.1) is 11.7 Å². The van der Waals surface area contributed by atoms with Crippen LogP contribution in [0.1, 0.15) is 0 Å². The van der Waals surface area contributed by atoms with E-state index in [1.807, 2.05) is 12.1 Å². The normalized spacial score (nSPS) is 11.1. The molecule has 0 spiro atoms. The van der Waals surface area contributed by atoms with Crippen molar-refractivity contribution in [2.24, 2.45) is 0 Å². The molecule has 3 heterocycles. The summed E-state index contributed by atoms with van der Waals surface area (Å²) in [4.78, 5) is 8.39. The fourth-order valence-corrected chi connectivity index (χ4v) is 1.32. The topological polar surface area (TPSA) is 67.3 Å². The predicted octanol–water partition coefficient (Wildman–Crippen LogP) is 0.901. The maximum atomic E-state index is 4.20. The molecular formula is C8H5N5. The first-order chi connectivity index (χ1) is 6.45. The summed E-state index contributed by atoms with van der Waals surface area (Å²) in [6, 6.07) is 3.75. The summed E-state index contributed by atoms with van der Waals surface area (Å²) in [6.07, 6.45) is 3.40. The van der Waals surface area contributed by atoms with E-state index >= 15 is 0 Å². The lowest BCUT2D eigenvalue weighted by molar-refractivity contribution is 0.959. The molecule has 0 saturated heterocycles. The number of hydrogen-bond acceptors (Lipinski definition) is 4. The van der Waals surface area contributed by atoms with E-state index in [4.69, 9.17) is 0 Å². The van der Waals surface area contributed by atoms with Crippen LogP contribution in [0.2, 0.25) is 0 Å². The summed E-state index contributed by atoms with van der Waals surface area (Å²) >= 11 is 0. The minimum Gasteiger partial charge on any atom is -0.252 e. The zero-order valence-electron chi connectivity index (χ0n) is 6.60. The Kier molecular flexibility index (Phi) is 1.11. The van der Waals surface area contributed by atoms with Crippen LogP contribution in [-0.2, 0) is 0 Å². The highest BCUT2D eigenvalue weighted by atomic mass is 15.3. The van der Waals surface area contributed by atoms with Gasteiger partial charge in [-0.25, -0.2) is 0 Å². The second kappa shape index (κ2) is 2.22. The summed E-state index contributed by atoms with van der Waals surface area (Å²) in [5.74, 6) is 0. The molecule has 3 rings (SSSR count). The molecule has 0 fully saturated rings. The molecule has 3 aromatic heterocycles. The molecule has 3 aromatic rings. The molecule has 5 heteroatoms. The molecule has 62 valence electrons. The van der Waals surface area contributed by atoms with Crippen LogP contribution in [0, 0.1) is 0 Å². The third kappa shape index (κ3) is 0.807. The third-order valence-electron chi connectivity index (χ3n) is 1.91. The number of hydrogen-bond donors (Lipinski definition) is 1. The van der Waals surface area contributed by atoms with Crippen LogP contribution in [0.25, 0.3) is 22.1 Å². The zero-order chi connectivity index (χ0) is 8.67. The summed E-state index contributed by atoms with van der Waals surface area (Å²) in [6.45, 7) is 0. The molecule has 0 aromatic carbocycles.